The average molecular weight is 460 g/mol. The number of nitrogens with one attached hydrogen (secondary N) is 2. The maximum Gasteiger partial charge on any atom is 0.329 e. The zero-order valence-corrected chi connectivity index (χ0v) is 18.8. The molecule has 0 bridgehead atoms. The lowest BCUT2D eigenvalue weighted by molar-refractivity contribution is -0.150. The summed E-state index contributed by atoms with van der Waals surface area (Å²) in [4.78, 5) is 41.5. The van der Waals surface area contributed by atoms with E-state index in [1.165, 1.54) is 11.3 Å². The monoisotopic (exact) mass is 459 g/mol. The third-order valence-electron chi connectivity index (χ3n) is 4.46. The second-order valence-corrected chi connectivity index (χ2v) is 8.76. The second kappa shape index (κ2) is 9.89. The zero-order chi connectivity index (χ0) is 22.5. The first-order chi connectivity index (χ1) is 14.7. The summed E-state index contributed by atoms with van der Waals surface area (Å²) >= 11 is 7.38. The Balaban J connectivity index is 1.58. The maximum atomic E-state index is 12.5. The van der Waals surface area contributed by atoms with Crippen LogP contribution in [0.1, 0.15) is 29.8 Å². The van der Waals surface area contributed by atoms with E-state index in [2.05, 4.69) is 15.6 Å². The van der Waals surface area contributed by atoms with Crippen LogP contribution in [0, 0.1) is 12.8 Å². The highest BCUT2D eigenvalue weighted by atomic mass is 35.5. The molecule has 2 amide bonds. The Kier molecular flexibility index (Phi) is 7.25. The van der Waals surface area contributed by atoms with Crippen molar-refractivity contribution >= 4 is 56.1 Å². The molecule has 3 rings (SSSR count). The number of carbonyl (C=O) groups excluding carboxylic acids is 3. The maximum absolute atomic E-state index is 12.5. The zero-order valence-electron chi connectivity index (χ0n) is 17.3. The number of nitrogens with zero attached hydrogens (tertiary/aromatic N) is 1. The van der Waals surface area contributed by atoms with Crippen molar-refractivity contribution in [3.8, 4) is 0 Å². The molecule has 1 atom stereocenters. The van der Waals surface area contributed by atoms with Crippen LogP contribution in [0.4, 0.5) is 5.13 Å². The van der Waals surface area contributed by atoms with Crippen LogP contribution in [0.15, 0.2) is 42.5 Å². The molecule has 3 aromatic rings. The smallest absolute Gasteiger partial charge is 0.329 e. The van der Waals surface area contributed by atoms with E-state index in [1.807, 2.05) is 25.1 Å². The van der Waals surface area contributed by atoms with Crippen molar-refractivity contribution in [1.82, 2.24) is 10.3 Å². The first-order valence-corrected chi connectivity index (χ1v) is 10.8. The number of hydrogen-bond donors (Lipinski definition) is 2. The molecule has 1 heterocycles. The second-order valence-electron chi connectivity index (χ2n) is 7.32. The van der Waals surface area contributed by atoms with E-state index in [4.69, 9.17) is 16.3 Å². The Morgan fingerprint density at radius 1 is 1.16 bits per heavy atom. The number of aryl methyl sites for hydroxylation is 1. The van der Waals surface area contributed by atoms with Gasteiger partial charge in [-0.15, -0.1) is 0 Å². The van der Waals surface area contributed by atoms with Gasteiger partial charge in [-0.2, -0.15) is 0 Å². The molecule has 0 aliphatic carbocycles. The molecule has 9 heteroatoms. The molecule has 2 N–H and O–H groups in total. The van der Waals surface area contributed by atoms with Crippen molar-refractivity contribution in [3.05, 3.63) is 58.6 Å². The minimum atomic E-state index is -0.929. The van der Waals surface area contributed by atoms with Crippen LogP contribution in [0.2, 0.25) is 5.02 Å². The molecule has 1 aromatic heterocycles. The number of aromatic nitrogens is 1. The number of rotatable bonds is 7. The van der Waals surface area contributed by atoms with E-state index in [1.54, 1.807) is 38.1 Å². The Morgan fingerprint density at radius 3 is 2.61 bits per heavy atom. The van der Waals surface area contributed by atoms with Gasteiger partial charge >= 0.3 is 5.97 Å². The quantitative estimate of drug-likeness (QED) is 0.516. The Morgan fingerprint density at radius 2 is 1.90 bits per heavy atom. The van der Waals surface area contributed by atoms with Crippen LogP contribution >= 0.6 is 22.9 Å². The lowest BCUT2D eigenvalue weighted by atomic mass is 10.0. The first-order valence-electron chi connectivity index (χ1n) is 9.63. The molecule has 31 heavy (non-hydrogen) atoms. The van der Waals surface area contributed by atoms with Crippen LogP contribution in [0.25, 0.3) is 10.2 Å². The van der Waals surface area contributed by atoms with E-state index in [-0.39, 0.29) is 16.5 Å². The van der Waals surface area contributed by atoms with Gasteiger partial charge in [-0.1, -0.05) is 55.0 Å². The Bertz CT molecular complexity index is 1130. The lowest BCUT2D eigenvalue weighted by Gasteiger charge is -2.21. The van der Waals surface area contributed by atoms with Gasteiger partial charge in [-0.3, -0.25) is 14.9 Å². The van der Waals surface area contributed by atoms with Crippen molar-refractivity contribution in [1.29, 1.82) is 0 Å². The van der Waals surface area contributed by atoms with Gasteiger partial charge in [0, 0.05) is 0 Å². The van der Waals surface area contributed by atoms with Gasteiger partial charge in [0.2, 0.25) is 0 Å². The van der Waals surface area contributed by atoms with Crippen molar-refractivity contribution in [2.75, 3.05) is 11.9 Å². The Hall–Kier alpha value is -2.97. The predicted octanol–water partition coefficient (Wildman–Crippen LogP) is 4.19. The third kappa shape index (κ3) is 5.80. The Labute approximate surface area is 188 Å². The first kappa shape index (κ1) is 22.7. The van der Waals surface area contributed by atoms with Crippen LogP contribution < -0.4 is 10.6 Å². The van der Waals surface area contributed by atoms with Gasteiger partial charge in [0.05, 0.1) is 20.8 Å². The number of halogens is 1. The van der Waals surface area contributed by atoms with Crippen LogP contribution in [0.5, 0.6) is 0 Å². The third-order valence-corrected chi connectivity index (χ3v) is 5.72. The summed E-state index contributed by atoms with van der Waals surface area (Å²) in [6, 6.07) is 11.4. The number of thiazole rings is 1. The minimum absolute atomic E-state index is 0.255. The lowest BCUT2D eigenvalue weighted by Crippen LogP contribution is -2.46. The number of esters is 1. The summed E-state index contributed by atoms with van der Waals surface area (Å²) in [5, 5.41) is 5.97. The van der Waals surface area contributed by atoms with Gasteiger partial charge in [0.15, 0.2) is 11.7 Å². The molecule has 2 aromatic carbocycles. The summed E-state index contributed by atoms with van der Waals surface area (Å²) in [6.07, 6.45) is 0. The number of carbonyl (C=O) groups is 3. The van der Waals surface area contributed by atoms with Crippen molar-refractivity contribution in [2.45, 2.75) is 26.8 Å². The van der Waals surface area contributed by atoms with E-state index in [0.717, 1.165) is 15.8 Å². The molecule has 0 saturated carbocycles. The molecule has 0 aliphatic rings. The van der Waals surface area contributed by atoms with Gasteiger partial charge in [0.25, 0.3) is 11.8 Å². The van der Waals surface area contributed by atoms with Crippen LogP contribution in [-0.4, -0.2) is 35.4 Å². The molecule has 0 unspecified atom stereocenters. The van der Waals surface area contributed by atoms with Gasteiger partial charge in [-0.05, 0) is 42.7 Å². The highest BCUT2D eigenvalue weighted by Crippen LogP contribution is 2.26. The summed E-state index contributed by atoms with van der Waals surface area (Å²) in [5.74, 6) is -1.96. The number of hydrogen-bond acceptors (Lipinski definition) is 6. The van der Waals surface area contributed by atoms with E-state index >= 15 is 0 Å². The van der Waals surface area contributed by atoms with Crippen molar-refractivity contribution in [2.24, 2.45) is 5.92 Å². The number of amides is 2. The number of anilines is 1. The minimum Gasteiger partial charge on any atom is -0.454 e. The average Bonchev–Trinajstić information content (AvgIpc) is 3.11. The molecule has 7 nitrogen and oxygen atoms in total. The fourth-order valence-electron chi connectivity index (χ4n) is 2.83. The number of fused-ring (bicyclic) bond motifs is 1. The SMILES string of the molecule is Cc1ccc2nc(NC(=O)COC(=O)[C@@H](NC(=O)c3ccccc3Cl)C(C)C)sc2c1. The number of ether oxygens (including phenoxy) is 1. The predicted molar refractivity (Wildman–Crippen MR) is 121 cm³/mol. The molecule has 0 fully saturated rings. The summed E-state index contributed by atoms with van der Waals surface area (Å²) < 4.78 is 6.09. The van der Waals surface area contributed by atoms with Gasteiger partial charge in [0.1, 0.15) is 6.04 Å². The van der Waals surface area contributed by atoms with Crippen LogP contribution in [-0.2, 0) is 14.3 Å². The molecular formula is C22H22ClN3O4S. The summed E-state index contributed by atoms with van der Waals surface area (Å²) in [5.41, 5.74) is 2.14. The van der Waals surface area contributed by atoms with Crippen LogP contribution in [0.3, 0.4) is 0 Å². The fourth-order valence-corrected chi connectivity index (χ4v) is 4.03. The van der Waals surface area contributed by atoms with Gasteiger partial charge < -0.3 is 10.1 Å². The van der Waals surface area contributed by atoms with Crippen molar-refractivity contribution in [3.63, 3.8) is 0 Å². The summed E-state index contributed by atoms with van der Waals surface area (Å²) in [6.45, 7) is 5.02. The molecule has 0 radical (unpaired) electrons. The van der Waals surface area contributed by atoms with Gasteiger partial charge in [-0.25, -0.2) is 9.78 Å². The topological polar surface area (TPSA) is 97.4 Å². The largest absolute Gasteiger partial charge is 0.454 e. The standard InChI is InChI=1S/C22H22ClN3O4S/c1-12(2)19(26-20(28)14-6-4-5-7-15(14)23)21(29)30-11-18(27)25-22-24-16-9-8-13(3)10-17(16)31-22/h4-10,12,19H,11H2,1-3H3,(H,26,28)(H,24,25,27)/t19-/m0/s1. The van der Waals surface area contributed by atoms with E-state index < -0.39 is 30.4 Å². The number of benzene rings is 2. The highest BCUT2D eigenvalue weighted by Gasteiger charge is 2.27. The summed E-state index contributed by atoms with van der Waals surface area (Å²) in [7, 11) is 0. The van der Waals surface area contributed by atoms with Crippen molar-refractivity contribution < 1.29 is 19.1 Å². The molecular weight excluding hydrogens is 438 g/mol. The normalized spacial score (nSPS) is 11.9. The van der Waals surface area contributed by atoms with E-state index in [0.29, 0.717) is 5.13 Å². The molecule has 162 valence electrons. The molecule has 0 spiro atoms. The fraction of sp³-hybridized carbons (Fsp3) is 0.273. The highest BCUT2D eigenvalue weighted by molar-refractivity contribution is 7.22. The van der Waals surface area contributed by atoms with E-state index in [9.17, 15) is 14.4 Å². The molecule has 0 aliphatic heterocycles. The molecule has 0 saturated heterocycles.